The number of aryl methyl sites for hydroxylation is 1. The van der Waals surface area contributed by atoms with Crippen LogP contribution < -0.4 is 5.46 Å². The van der Waals surface area contributed by atoms with E-state index >= 15 is 0 Å². The van der Waals surface area contributed by atoms with E-state index in [0.717, 1.165) is 37.0 Å². The van der Waals surface area contributed by atoms with Gasteiger partial charge < -0.3 is 18.8 Å². The second-order valence-electron chi connectivity index (χ2n) is 7.40. The molecule has 2 aliphatic heterocycles. The van der Waals surface area contributed by atoms with E-state index in [1.54, 1.807) is 4.68 Å². The van der Waals surface area contributed by atoms with Crippen molar-refractivity contribution in [2.24, 2.45) is 7.05 Å². The van der Waals surface area contributed by atoms with E-state index in [9.17, 15) is 0 Å². The van der Waals surface area contributed by atoms with Gasteiger partial charge in [0, 0.05) is 25.3 Å². The summed E-state index contributed by atoms with van der Waals surface area (Å²) >= 11 is 0. The molecule has 7 heteroatoms. The van der Waals surface area contributed by atoms with Gasteiger partial charge in [0.15, 0.2) is 6.29 Å². The Morgan fingerprint density at radius 2 is 1.96 bits per heavy atom. The first-order valence-corrected chi connectivity index (χ1v) is 8.40. The highest BCUT2D eigenvalue weighted by Crippen LogP contribution is 2.36. The molecule has 1 aromatic heterocycles. The quantitative estimate of drug-likeness (QED) is 0.791. The van der Waals surface area contributed by atoms with Crippen LogP contribution in [0.5, 0.6) is 0 Å². The van der Waals surface area contributed by atoms with Gasteiger partial charge in [-0.1, -0.05) is 0 Å². The monoisotopic (exact) mass is 322 g/mol. The molecule has 0 N–H and O–H groups in total. The second-order valence-corrected chi connectivity index (χ2v) is 7.40. The highest BCUT2D eigenvalue weighted by Gasteiger charge is 2.52. The van der Waals surface area contributed by atoms with Crippen LogP contribution >= 0.6 is 0 Å². The van der Waals surface area contributed by atoms with Crippen molar-refractivity contribution in [1.29, 1.82) is 0 Å². The van der Waals surface area contributed by atoms with Crippen LogP contribution in [0.2, 0.25) is 0 Å². The Kier molecular flexibility index (Phi) is 4.57. The van der Waals surface area contributed by atoms with E-state index in [0.29, 0.717) is 6.61 Å². The Labute approximate surface area is 138 Å². The molecule has 0 radical (unpaired) electrons. The van der Waals surface area contributed by atoms with Crippen LogP contribution in [0.1, 0.15) is 52.7 Å². The highest BCUT2D eigenvalue weighted by atomic mass is 16.7. The van der Waals surface area contributed by atoms with E-state index in [4.69, 9.17) is 18.8 Å². The summed E-state index contributed by atoms with van der Waals surface area (Å²) < 4.78 is 25.5. The molecule has 1 aromatic rings. The summed E-state index contributed by atoms with van der Waals surface area (Å²) in [4.78, 5) is 0. The summed E-state index contributed by atoms with van der Waals surface area (Å²) in [6.07, 6.45) is 5.03. The maximum Gasteiger partial charge on any atom is 0.498 e. The third-order valence-electron chi connectivity index (χ3n) is 4.99. The maximum absolute atomic E-state index is 6.13. The number of hydrogen-bond donors (Lipinski definition) is 0. The third kappa shape index (κ3) is 3.48. The molecular formula is C16H27BN2O4. The van der Waals surface area contributed by atoms with Crippen LogP contribution in [-0.4, -0.2) is 41.0 Å². The van der Waals surface area contributed by atoms with E-state index in [-0.39, 0.29) is 17.5 Å². The number of rotatable bonds is 4. The Morgan fingerprint density at radius 1 is 1.26 bits per heavy atom. The Bertz CT molecular complexity index is 536. The van der Waals surface area contributed by atoms with Crippen molar-refractivity contribution < 1.29 is 18.8 Å². The van der Waals surface area contributed by atoms with Gasteiger partial charge in [-0.05, 0) is 47.0 Å². The minimum absolute atomic E-state index is 0.128. The van der Waals surface area contributed by atoms with E-state index < -0.39 is 7.12 Å². The third-order valence-corrected chi connectivity index (χ3v) is 4.99. The molecule has 0 spiro atoms. The van der Waals surface area contributed by atoms with Crippen LogP contribution in [0.4, 0.5) is 0 Å². The van der Waals surface area contributed by atoms with Gasteiger partial charge in [0.05, 0.1) is 23.5 Å². The lowest BCUT2D eigenvalue weighted by molar-refractivity contribution is -0.169. The number of aromatic nitrogens is 2. The molecule has 0 saturated carbocycles. The van der Waals surface area contributed by atoms with Crippen molar-refractivity contribution in [3.8, 4) is 0 Å². The van der Waals surface area contributed by atoms with Gasteiger partial charge in [-0.2, -0.15) is 5.10 Å². The molecule has 128 valence electrons. The van der Waals surface area contributed by atoms with Crippen molar-refractivity contribution in [2.45, 2.75) is 71.1 Å². The highest BCUT2D eigenvalue weighted by molar-refractivity contribution is 6.62. The molecule has 1 atom stereocenters. The summed E-state index contributed by atoms with van der Waals surface area (Å²) in [6.45, 7) is 9.39. The molecular weight excluding hydrogens is 295 g/mol. The fraction of sp³-hybridized carbons (Fsp3) is 0.812. The van der Waals surface area contributed by atoms with Gasteiger partial charge >= 0.3 is 7.12 Å². The molecule has 2 aliphatic rings. The molecule has 3 heterocycles. The predicted molar refractivity (Wildman–Crippen MR) is 87.3 cm³/mol. The lowest BCUT2D eigenvalue weighted by atomic mass is 9.79. The minimum atomic E-state index is -0.417. The summed E-state index contributed by atoms with van der Waals surface area (Å²) in [7, 11) is 1.48. The standard InChI is InChI=1S/C16H27BN2O4/c1-15(2)16(3,4)23-17(22-15)12-10-19(5)18-13(12)11-21-14-8-6-7-9-20-14/h10,14H,6-9,11H2,1-5H3. The Hall–Kier alpha value is -0.885. The zero-order valence-corrected chi connectivity index (χ0v) is 14.8. The molecule has 1 unspecified atom stereocenters. The number of nitrogens with zero attached hydrogens (tertiary/aromatic N) is 2. The van der Waals surface area contributed by atoms with E-state index in [1.165, 1.54) is 0 Å². The Balaban J connectivity index is 1.71. The first-order valence-electron chi connectivity index (χ1n) is 8.40. The average molecular weight is 322 g/mol. The van der Waals surface area contributed by atoms with Crippen molar-refractivity contribution in [3.63, 3.8) is 0 Å². The molecule has 0 bridgehead atoms. The number of ether oxygens (including phenoxy) is 2. The molecule has 23 heavy (non-hydrogen) atoms. The zero-order chi connectivity index (χ0) is 16.7. The van der Waals surface area contributed by atoms with Crippen LogP contribution in [0, 0.1) is 0 Å². The second kappa shape index (κ2) is 6.20. The molecule has 6 nitrogen and oxygen atoms in total. The fourth-order valence-corrected chi connectivity index (χ4v) is 2.85. The summed E-state index contributed by atoms with van der Waals surface area (Å²) in [5.41, 5.74) is 1.05. The van der Waals surface area contributed by atoms with Gasteiger partial charge in [-0.25, -0.2) is 0 Å². The van der Waals surface area contributed by atoms with Crippen LogP contribution in [0.3, 0.4) is 0 Å². The predicted octanol–water partition coefficient (Wildman–Crippen LogP) is 1.76. The molecule has 0 amide bonds. The van der Waals surface area contributed by atoms with Gasteiger partial charge in [-0.15, -0.1) is 0 Å². The molecule has 0 aliphatic carbocycles. The lowest BCUT2D eigenvalue weighted by Crippen LogP contribution is -2.41. The summed E-state index contributed by atoms with van der Waals surface area (Å²) in [5, 5.41) is 4.51. The fourth-order valence-electron chi connectivity index (χ4n) is 2.85. The van der Waals surface area contributed by atoms with Crippen LogP contribution in [0.25, 0.3) is 0 Å². The zero-order valence-electron chi connectivity index (χ0n) is 14.8. The van der Waals surface area contributed by atoms with Gasteiger partial charge in [0.25, 0.3) is 0 Å². The van der Waals surface area contributed by atoms with Gasteiger partial charge in [0.2, 0.25) is 0 Å². The molecule has 0 aromatic carbocycles. The first-order chi connectivity index (χ1) is 10.8. The summed E-state index contributed by atoms with van der Waals surface area (Å²) in [6, 6.07) is 0. The van der Waals surface area contributed by atoms with E-state index in [1.807, 2.05) is 13.2 Å². The molecule has 2 fully saturated rings. The van der Waals surface area contributed by atoms with Crippen molar-refractivity contribution in [3.05, 3.63) is 11.9 Å². The molecule has 3 rings (SSSR count). The largest absolute Gasteiger partial charge is 0.498 e. The van der Waals surface area contributed by atoms with Crippen molar-refractivity contribution in [1.82, 2.24) is 9.78 Å². The SMILES string of the molecule is Cn1cc(B2OC(C)(C)C(C)(C)O2)c(COC2CCCCO2)n1. The van der Waals surface area contributed by atoms with E-state index in [2.05, 4.69) is 32.8 Å². The normalized spacial score (nSPS) is 26.7. The first kappa shape index (κ1) is 17.0. The van der Waals surface area contributed by atoms with Gasteiger partial charge in [-0.3, -0.25) is 4.68 Å². The molecule has 2 saturated heterocycles. The topological polar surface area (TPSA) is 54.7 Å². The average Bonchev–Trinajstić information content (AvgIpc) is 2.95. The smallest absolute Gasteiger partial charge is 0.399 e. The maximum atomic E-state index is 6.13. The van der Waals surface area contributed by atoms with Crippen molar-refractivity contribution in [2.75, 3.05) is 6.61 Å². The summed E-state index contributed by atoms with van der Waals surface area (Å²) in [5.74, 6) is 0. The van der Waals surface area contributed by atoms with Crippen LogP contribution in [-0.2, 0) is 32.4 Å². The van der Waals surface area contributed by atoms with Gasteiger partial charge in [0.1, 0.15) is 0 Å². The number of hydrogen-bond acceptors (Lipinski definition) is 5. The minimum Gasteiger partial charge on any atom is -0.399 e. The Morgan fingerprint density at radius 3 is 2.57 bits per heavy atom. The van der Waals surface area contributed by atoms with Crippen molar-refractivity contribution >= 4 is 12.6 Å². The van der Waals surface area contributed by atoms with Crippen LogP contribution in [0.15, 0.2) is 6.20 Å². The lowest BCUT2D eigenvalue weighted by Gasteiger charge is -2.32.